The average molecular weight is 465 g/mol. The van der Waals surface area contributed by atoms with Gasteiger partial charge in [0.25, 0.3) is 10.0 Å². The highest BCUT2D eigenvalue weighted by molar-refractivity contribution is 7.93. The molecule has 0 spiro atoms. The van der Waals surface area contributed by atoms with E-state index in [0.29, 0.717) is 0 Å². The van der Waals surface area contributed by atoms with E-state index in [1.165, 1.54) is 6.33 Å². The minimum absolute atomic E-state index is 0.0173. The molecule has 0 radical (unpaired) electrons. The number of nitrogens with zero attached hydrogens (tertiary/aromatic N) is 3. The highest BCUT2D eigenvalue weighted by Crippen LogP contribution is 2.38. The van der Waals surface area contributed by atoms with Gasteiger partial charge in [-0.25, -0.2) is 22.2 Å². The van der Waals surface area contributed by atoms with E-state index in [-0.39, 0.29) is 16.7 Å². The second-order valence-corrected chi connectivity index (χ2v) is 9.92. The number of hydrogen-bond donors (Lipinski definition) is 1. The topological polar surface area (TPSA) is 75.2 Å². The molecule has 1 saturated heterocycles. The molecule has 0 amide bonds. The summed E-state index contributed by atoms with van der Waals surface area (Å²) in [6, 6.07) is 11.4. The molecule has 0 aliphatic carbocycles. The van der Waals surface area contributed by atoms with Crippen LogP contribution in [-0.4, -0.2) is 29.2 Å². The van der Waals surface area contributed by atoms with Crippen LogP contribution >= 0.6 is 11.5 Å². The van der Waals surface area contributed by atoms with Crippen LogP contribution < -0.4 is 4.72 Å². The maximum atomic E-state index is 15.1. The molecular weight excluding hydrogens is 442 g/mol. The summed E-state index contributed by atoms with van der Waals surface area (Å²) in [6.45, 7) is 2.58. The smallest absolute Gasteiger partial charge is 0.266 e. The summed E-state index contributed by atoms with van der Waals surface area (Å²) < 4.78 is 60.7. The van der Waals surface area contributed by atoms with Crippen molar-refractivity contribution >= 4 is 26.7 Å². The van der Waals surface area contributed by atoms with Crippen LogP contribution in [0, 0.1) is 11.6 Å². The van der Waals surface area contributed by atoms with Gasteiger partial charge in [0.1, 0.15) is 22.9 Å². The quantitative estimate of drug-likeness (QED) is 0.561. The van der Waals surface area contributed by atoms with Gasteiger partial charge in [-0.05, 0) is 44.0 Å². The first-order valence-corrected chi connectivity index (χ1v) is 12.2. The molecule has 10 heteroatoms. The summed E-state index contributed by atoms with van der Waals surface area (Å²) in [4.78, 5) is 5.12. The number of nitrogens with one attached hydrogen (secondary N) is 1. The molecule has 1 N–H and O–H groups in total. The molecule has 3 aromatic rings. The van der Waals surface area contributed by atoms with E-state index >= 15 is 4.39 Å². The largest absolute Gasteiger partial charge is 0.290 e. The summed E-state index contributed by atoms with van der Waals surface area (Å²) >= 11 is 0.805. The lowest BCUT2D eigenvalue weighted by Crippen LogP contribution is -2.36. The summed E-state index contributed by atoms with van der Waals surface area (Å²) in [5, 5.41) is -0.0173. The molecule has 1 fully saturated rings. The summed E-state index contributed by atoms with van der Waals surface area (Å²) in [5.74, 6) is -1.77. The lowest BCUT2D eigenvalue weighted by molar-refractivity contribution is 0.101. The molecule has 6 nitrogen and oxygen atoms in total. The third-order valence-corrected chi connectivity index (χ3v) is 7.66. The Labute approximate surface area is 184 Å². The zero-order chi connectivity index (χ0) is 22.0. The minimum atomic E-state index is -4.33. The Hall–Kier alpha value is -2.43. The molecule has 0 unspecified atom stereocenters. The van der Waals surface area contributed by atoms with Crippen molar-refractivity contribution in [3.8, 4) is 0 Å². The van der Waals surface area contributed by atoms with Gasteiger partial charge < -0.3 is 0 Å². The van der Waals surface area contributed by atoms with Gasteiger partial charge in [-0.2, -0.15) is 4.37 Å². The number of aromatic nitrogens is 2. The van der Waals surface area contributed by atoms with E-state index in [4.69, 9.17) is 0 Å². The summed E-state index contributed by atoms with van der Waals surface area (Å²) in [7, 11) is -4.33. The van der Waals surface area contributed by atoms with Gasteiger partial charge in [-0.1, -0.05) is 36.8 Å². The van der Waals surface area contributed by atoms with E-state index in [1.807, 2.05) is 37.3 Å². The fourth-order valence-corrected chi connectivity index (χ4v) is 5.82. The lowest BCUT2D eigenvalue weighted by Gasteiger charge is -2.40. The third-order valence-electron chi connectivity index (χ3n) is 5.60. The van der Waals surface area contributed by atoms with E-state index in [2.05, 4.69) is 19.0 Å². The Morgan fingerprint density at radius 2 is 1.94 bits per heavy atom. The SMILES string of the molecule is C[C@H](c1cc(F)c(S(=O)(=O)Nc2ncns2)cc1F)N1CCCC[C@H]1c1ccccc1. The van der Waals surface area contributed by atoms with E-state index in [9.17, 15) is 12.8 Å². The van der Waals surface area contributed by atoms with Crippen LogP contribution in [0.3, 0.4) is 0 Å². The second-order valence-electron chi connectivity index (χ2n) is 7.49. The number of benzene rings is 2. The predicted octanol–water partition coefficient (Wildman–Crippen LogP) is 4.91. The first-order valence-electron chi connectivity index (χ1n) is 9.96. The average Bonchev–Trinajstić information content (AvgIpc) is 3.27. The van der Waals surface area contributed by atoms with Crippen LogP contribution in [0.5, 0.6) is 0 Å². The highest BCUT2D eigenvalue weighted by Gasteiger charge is 2.31. The Kier molecular flexibility index (Phi) is 6.31. The van der Waals surface area contributed by atoms with Crippen LogP contribution in [0.25, 0.3) is 0 Å². The molecule has 2 heterocycles. The number of anilines is 1. The molecule has 1 aliphatic rings. The molecule has 2 aromatic carbocycles. The normalized spacial score (nSPS) is 18.6. The maximum Gasteiger partial charge on any atom is 0.266 e. The fourth-order valence-electron chi connectivity index (χ4n) is 4.09. The molecule has 4 rings (SSSR count). The molecule has 1 aromatic heterocycles. The van der Waals surface area contributed by atoms with Gasteiger partial charge >= 0.3 is 0 Å². The first kappa shape index (κ1) is 21.8. The molecule has 1 aliphatic heterocycles. The summed E-state index contributed by atoms with van der Waals surface area (Å²) in [5.41, 5.74) is 1.27. The van der Waals surface area contributed by atoms with Crippen molar-refractivity contribution < 1.29 is 17.2 Å². The molecule has 0 bridgehead atoms. The van der Waals surface area contributed by atoms with Gasteiger partial charge in [0.05, 0.1) is 0 Å². The minimum Gasteiger partial charge on any atom is -0.290 e. The Balaban J connectivity index is 1.64. The van der Waals surface area contributed by atoms with Crippen LogP contribution in [0.15, 0.2) is 53.7 Å². The Bertz CT molecular complexity index is 1140. The van der Waals surface area contributed by atoms with Crippen LogP contribution in [-0.2, 0) is 10.0 Å². The van der Waals surface area contributed by atoms with Gasteiger partial charge in [0.15, 0.2) is 0 Å². The Morgan fingerprint density at radius 1 is 1.16 bits per heavy atom. The van der Waals surface area contributed by atoms with E-state index in [0.717, 1.165) is 55.0 Å². The molecule has 0 saturated carbocycles. The van der Waals surface area contributed by atoms with E-state index < -0.39 is 32.6 Å². The summed E-state index contributed by atoms with van der Waals surface area (Å²) in [6.07, 6.45) is 4.13. The van der Waals surface area contributed by atoms with Crippen molar-refractivity contribution in [3.63, 3.8) is 0 Å². The molecule has 2 atom stereocenters. The zero-order valence-electron chi connectivity index (χ0n) is 16.8. The van der Waals surface area contributed by atoms with E-state index in [1.54, 1.807) is 0 Å². The second kappa shape index (κ2) is 8.97. The fraction of sp³-hybridized carbons (Fsp3) is 0.333. The molecule has 31 heavy (non-hydrogen) atoms. The third kappa shape index (κ3) is 4.60. The van der Waals surface area contributed by atoms with Crippen molar-refractivity contribution in [1.82, 2.24) is 14.3 Å². The standard InChI is InChI=1S/C21H22F2N4O2S2/c1-14(27-10-6-5-9-19(27)15-7-3-2-4-8-15)16-11-18(23)20(12-17(16)22)31(28,29)26-21-24-13-25-30-21/h2-4,7-8,11-14,19H,5-6,9-10H2,1H3,(H,24,25,26)/t14-,19+/m1/s1. The number of sulfonamides is 1. The van der Waals surface area contributed by atoms with Crippen LogP contribution in [0.4, 0.5) is 13.9 Å². The molecular formula is C21H22F2N4O2S2. The van der Waals surface area contributed by atoms with Gasteiger partial charge in [0, 0.05) is 29.2 Å². The lowest BCUT2D eigenvalue weighted by atomic mass is 9.92. The van der Waals surface area contributed by atoms with Gasteiger partial charge in [0.2, 0.25) is 5.13 Å². The number of halogens is 2. The van der Waals surface area contributed by atoms with Crippen LogP contribution in [0.1, 0.15) is 49.4 Å². The van der Waals surface area contributed by atoms with Gasteiger partial charge in [-0.3, -0.25) is 9.62 Å². The molecule has 164 valence electrons. The monoisotopic (exact) mass is 464 g/mol. The highest BCUT2D eigenvalue weighted by atomic mass is 32.2. The van der Waals surface area contributed by atoms with Crippen molar-refractivity contribution in [2.24, 2.45) is 0 Å². The maximum absolute atomic E-state index is 15.1. The van der Waals surface area contributed by atoms with Crippen molar-refractivity contribution in [3.05, 3.63) is 71.6 Å². The predicted molar refractivity (Wildman–Crippen MR) is 115 cm³/mol. The van der Waals surface area contributed by atoms with Gasteiger partial charge in [-0.15, -0.1) is 0 Å². The number of rotatable bonds is 6. The number of hydrogen-bond acceptors (Lipinski definition) is 6. The Morgan fingerprint density at radius 3 is 2.65 bits per heavy atom. The zero-order valence-corrected chi connectivity index (χ0v) is 18.5. The number of piperidine rings is 1. The van der Waals surface area contributed by atoms with Crippen LogP contribution in [0.2, 0.25) is 0 Å². The first-order chi connectivity index (χ1) is 14.9. The van der Waals surface area contributed by atoms with Crippen molar-refractivity contribution in [2.75, 3.05) is 11.3 Å². The number of likely N-dealkylation sites (tertiary alicyclic amines) is 1. The van der Waals surface area contributed by atoms with Crippen molar-refractivity contribution in [1.29, 1.82) is 0 Å². The van der Waals surface area contributed by atoms with Crippen molar-refractivity contribution in [2.45, 2.75) is 43.2 Å².